The van der Waals surface area contributed by atoms with Gasteiger partial charge in [0.1, 0.15) is 5.82 Å². The van der Waals surface area contributed by atoms with Gasteiger partial charge in [0, 0.05) is 56.5 Å². The Hall–Kier alpha value is -3.13. The maximum atomic E-state index is 11.3. The molecule has 2 aliphatic heterocycles. The van der Waals surface area contributed by atoms with Gasteiger partial charge in [-0.3, -0.25) is 4.79 Å². The molecule has 2 saturated heterocycles. The molecule has 32 heavy (non-hydrogen) atoms. The van der Waals surface area contributed by atoms with Crippen LogP contribution in [0.2, 0.25) is 0 Å². The van der Waals surface area contributed by atoms with Crippen molar-refractivity contribution in [3.63, 3.8) is 0 Å². The molecule has 0 aliphatic carbocycles. The summed E-state index contributed by atoms with van der Waals surface area (Å²) in [5, 5.41) is 3.07. The van der Waals surface area contributed by atoms with Crippen LogP contribution in [0.15, 0.2) is 18.3 Å². The lowest BCUT2D eigenvalue weighted by molar-refractivity contribution is 0.1000. The summed E-state index contributed by atoms with van der Waals surface area (Å²) in [5.74, 6) is 1.13. The van der Waals surface area contributed by atoms with Crippen molar-refractivity contribution >= 4 is 29.6 Å². The zero-order chi connectivity index (χ0) is 22.8. The molecule has 13 heteroatoms. The van der Waals surface area contributed by atoms with E-state index in [0.717, 1.165) is 12.8 Å². The van der Waals surface area contributed by atoms with E-state index in [1.54, 1.807) is 12.1 Å². The number of carbonyl (C=O) groups excluding carboxylic acids is 1. The van der Waals surface area contributed by atoms with Gasteiger partial charge in [-0.25, -0.2) is 4.98 Å². The average Bonchev–Trinajstić information content (AvgIpc) is 2.72. The summed E-state index contributed by atoms with van der Waals surface area (Å²) in [6, 6.07) is 2.91. The van der Waals surface area contributed by atoms with Gasteiger partial charge in [-0.1, -0.05) is 0 Å². The second-order valence-corrected chi connectivity index (χ2v) is 8.50. The van der Waals surface area contributed by atoms with E-state index in [4.69, 9.17) is 28.7 Å². The van der Waals surface area contributed by atoms with Gasteiger partial charge in [-0.15, -0.1) is 0 Å². The van der Waals surface area contributed by atoms with Crippen LogP contribution in [-0.4, -0.2) is 76.2 Å². The Bertz CT molecular complexity index is 890. The molecule has 0 saturated carbocycles. The highest BCUT2D eigenvalue weighted by Crippen LogP contribution is 2.23. The quantitative estimate of drug-likeness (QED) is 0.292. The number of piperidine rings is 2. The number of aromatic nitrogens is 4. The molecule has 4 atom stereocenters. The molecule has 11 N–H and O–H groups in total. The van der Waals surface area contributed by atoms with Crippen molar-refractivity contribution in [2.75, 3.05) is 41.3 Å². The molecule has 2 aliphatic rings. The van der Waals surface area contributed by atoms with Crippen molar-refractivity contribution < 1.29 is 4.79 Å². The van der Waals surface area contributed by atoms with Crippen molar-refractivity contribution in [2.45, 2.75) is 37.0 Å². The minimum absolute atomic E-state index is 0.0739. The second-order valence-electron chi connectivity index (χ2n) is 8.50. The number of hydrogen-bond donors (Lipinski definition) is 6. The highest BCUT2D eigenvalue weighted by molar-refractivity contribution is 5.92. The number of nitrogens with two attached hydrogens (primary N) is 5. The number of pyridine rings is 1. The Morgan fingerprint density at radius 1 is 0.844 bits per heavy atom. The monoisotopic (exact) mass is 442 g/mol. The largest absolute Gasteiger partial charge is 0.366 e. The third kappa shape index (κ3) is 5.19. The number of nitrogens with one attached hydrogen (secondary N) is 1. The SMILES string of the molecule is NC(=O)c1ccc(Nc2nc(N3C[C@H](N)C[C@H](N)C3)nc(N3C[C@H](N)C[C@H](N)C3)n2)nc1. The summed E-state index contributed by atoms with van der Waals surface area (Å²) in [4.78, 5) is 33.3. The third-order valence-electron chi connectivity index (χ3n) is 5.50. The van der Waals surface area contributed by atoms with Crippen molar-refractivity contribution in [3.8, 4) is 0 Å². The first-order valence-electron chi connectivity index (χ1n) is 10.6. The molecule has 1 amide bonds. The van der Waals surface area contributed by atoms with Crippen LogP contribution < -0.4 is 43.8 Å². The van der Waals surface area contributed by atoms with Crippen LogP contribution in [0.4, 0.5) is 23.7 Å². The van der Waals surface area contributed by atoms with Gasteiger partial charge in [0.25, 0.3) is 0 Å². The zero-order valence-corrected chi connectivity index (χ0v) is 17.8. The van der Waals surface area contributed by atoms with Gasteiger partial charge in [0.2, 0.25) is 23.8 Å². The first kappa shape index (κ1) is 22.1. The van der Waals surface area contributed by atoms with Crippen molar-refractivity contribution in [1.29, 1.82) is 0 Å². The number of carbonyl (C=O) groups is 1. The lowest BCUT2D eigenvalue weighted by Gasteiger charge is -2.36. The predicted molar refractivity (Wildman–Crippen MR) is 121 cm³/mol. The van der Waals surface area contributed by atoms with Gasteiger partial charge in [0.05, 0.1) is 5.56 Å². The molecule has 0 spiro atoms. The number of hydrogen-bond acceptors (Lipinski definition) is 12. The van der Waals surface area contributed by atoms with Crippen LogP contribution in [-0.2, 0) is 0 Å². The van der Waals surface area contributed by atoms with E-state index >= 15 is 0 Å². The summed E-state index contributed by atoms with van der Waals surface area (Å²) in [5.41, 5.74) is 30.3. The van der Waals surface area contributed by atoms with E-state index in [-0.39, 0.29) is 24.2 Å². The van der Waals surface area contributed by atoms with E-state index in [1.165, 1.54) is 6.20 Å². The molecular formula is C19H30N12O. The minimum Gasteiger partial charge on any atom is -0.366 e. The topological polar surface area (TPSA) is 217 Å². The average molecular weight is 443 g/mol. The summed E-state index contributed by atoms with van der Waals surface area (Å²) in [6.07, 6.45) is 2.87. The molecule has 172 valence electrons. The van der Waals surface area contributed by atoms with Gasteiger partial charge >= 0.3 is 0 Å². The van der Waals surface area contributed by atoms with Gasteiger partial charge < -0.3 is 43.8 Å². The van der Waals surface area contributed by atoms with Crippen molar-refractivity contribution in [3.05, 3.63) is 23.9 Å². The van der Waals surface area contributed by atoms with E-state index in [0.29, 0.717) is 55.4 Å². The minimum atomic E-state index is -0.552. The molecular weight excluding hydrogens is 412 g/mol. The number of primary amides is 1. The van der Waals surface area contributed by atoms with Crippen LogP contribution >= 0.6 is 0 Å². The first-order valence-corrected chi connectivity index (χ1v) is 10.6. The lowest BCUT2D eigenvalue weighted by Crippen LogP contribution is -2.54. The number of nitrogens with zero attached hydrogens (tertiary/aromatic N) is 6. The van der Waals surface area contributed by atoms with Crippen LogP contribution in [0.25, 0.3) is 0 Å². The third-order valence-corrected chi connectivity index (χ3v) is 5.50. The van der Waals surface area contributed by atoms with Crippen molar-refractivity contribution in [1.82, 2.24) is 19.9 Å². The van der Waals surface area contributed by atoms with Crippen molar-refractivity contribution in [2.24, 2.45) is 28.7 Å². The molecule has 2 aromatic heterocycles. The zero-order valence-electron chi connectivity index (χ0n) is 17.8. The van der Waals surface area contributed by atoms with E-state index < -0.39 is 5.91 Å². The van der Waals surface area contributed by atoms with Crippen LogP contribution in [0.3, 0.4) is 0 Å². The number of anilines is 4. The Morgan fingerprint density at radius 3 is 1.75 bits per heavy atom. The Balaban J connectivity index is 1.65. The fourth-order valence-electron chi connectivity index (χ4n) is 4.10. The number of rotatable bonds is 5. The summed E-state index contributed by atoms with van der Waals surface area (Å²) < 4.78 is 0. The molecule has 2 fully saturated rings. The molecule has 4 rings (SSSR count). The van der Waals surface area contributed by atoms with E-state index in [9.17, 15) is 4.79 Å². The molecule has 2 aromatic rings. The van der Waals surface area contributed by atoms with E-state index in [2.05, 4.69) is 25.3 Å². The Kier molecular flexibility index (Phi) is 6.32. The first-order chi connectivity index (χ1) is 15.3. The van der Waals surface area contributed by atoms with Gasteiger partial charge in [-0.05, 0) is 25.0 Å². The van der Waals surface area contributed by atoms with Crippen LogP contribution in [0.1, 0.15) is 23.2 Å². The Morgan fingerprint density at radius 2 is 1.34 bits per heavy atom. The van der Waals surface area contributed by atoms with Crippen LogP contribution in [0.5, 0.6) is 0 Å². The lowest BCUT2D eigenvalue weighted by atomic mass is 10.0. The maximum absolute atomic E-state index is 11.3. The fraction of sp³-hybridized carbons (Fsp3) is 0.526. The maximum Gasteiger partial charge on any atom is 0.250 e. The standard InChI is InChI=1S/C19H30N12O/c20-11-3-12(21)7-30(6-11)18-27-17(26-15-2-1-10(5-25-15)16(24)32)28-19(29-18)31-8-13(22)4-14(23)9-31/h1-2,5,11-14H,3-4,6-9,20-23H2,(H2,24,32)(H,25,26,27,28,29)/t11-,12+,13-,14+. The molecule has 0 unspecified atom stereocenters. The highest BCUT2D eigenvalue weighted by atomic mass is 16.1. The highest BCUT2D eigenvalue weighted by Gasteiger charge is 2.28. The van der Waals surface area contributed by atoms with Gasteiger partial charge in [-0.2, -0.15) is 15.0 Å². The molecule has 0 aromatic carbocycles. The Labute approximate surface area is 185 Å². The fourth-order valence-corrected chi connectivity index (χ4v) is 4.10. The molecule has 13 nitrogen and oxygen atoms in total. The number of amides is 1. The van der Waals surface area contributed by atoms with Gasteiger partial charge in [0.15, 0.2) is 0 Å². The second kappa shape index (κ2) is 9.16. The molecule has 0 radical (unpaired) electrons. The summed E-state index contributed by atoms with van der Waals surface area (Å²) >= 11 is 0. The normalized spacial score (nSPS) is 26.1. The molecule has 4 heterocycles. The summed E-state index contributed by atoms with van der Waals surface area (Å²) in [6.45, 7) is 2.34. The predicted octanol–water partition coefficient (Wildman–Crippen LogP) is -2.16. The van der Waals surface area contributed by atoms with E-state index in [1.807, 2.05) is 9.80 Å². The van der Waals surface area contributed by atoms with Crippen LogP contribution in [0, 0.1) is 0 Å². The smallest absolute Gasteiger partial charge is 0.250 e. The molecule has 0 bridgehead atoms. The summed E-state index contributed by atoms with van der Waals surface area (Å²) in [7, 11) is 0.